The Morgan fingerprint density at radius 1 is 1.08 bits per heavy atom. The normalized spacial score (nSPS) is 16.2. The van der Waals surface area contributed by atoms with E-state index in [1.807, 2.05) is 30.3 Å². The molecule has 1 heterocycles. The van der Waals surface area contributed by atoms with E-state index in [1.54, 1.807) is 0 Å². The first-order valence-corrected chi connectivity index (χ1v) is 8.77. The lowest BCUT2D eigenvalue weighted by Gasteiger charge is -2.38. The molecule has 1 N–H and O–H groups in total. The standard InChI is InChI=1S/C21H25NO3/c1-17-7-9-18(10-8-17)21(11-13-24-14-12-21)16-22-20(23)15-25-19-5-3-2-4-6-19/h2-10H,11-16H2,1H3,(H,22,23). The van der Waals surface area contributed by atoms with Gasteiger partial charge in [-0.3, -0.25) is 4.79 Å². The first kappa shape index (κ1) is 17.5. The van der Waals surface area contributed by atoms with E-state index >= 15 is 0 Å². The third-order valence-corrected chi connectivity index (χ3v) is 4.85. The Bertz CT molecular complexity index is 676. The third-order valence-electron chi connectivity index (χ3n) is 4.85. The highest BCUT2D eigenvalue weighted by Crippen LogP contribution is 2.34. The van der Waals surface area contributed by atoms with Gasteiger partial charge < -0.3 is 14.8 Å². The third kappa shape index (κ3) is 4.60. The smallest absolute Gasteiger partial charge is 0.257 e. The Balaban J connectivity index is 1.61. The van der Waals surface area contributed by atoms with Gasteiger partial charge in [0.25, 0.3) is 5.91 Å². The number of hydrogen-bond donors (Lipinski definition) is 1. The molecule has 0 spiro atoms. The van der Waals surface area contributed by atoms with Gasteiger partial charge in [-0.05, 0) is 37.5 Å². The van der Waals surface area contributed by atoms with Crippen molar-refractivity contribution in [2.75, 3.05) is 26.4 Å². The molecule has 1 amide bonds. The van der Waals surface area contributed by atoms with Crippen LogP contribution in [0.5, 0.6) is 5.75 Å². The van der Waals surface area contributed by atoms with Gasteiger partial charge in [0.05, 0.1) is 0 Å². The fourth-order valence-corrected chi connectivity index (χ4v) is 3.22. The van der Waals surface area contributed by atoms with Crippen LogP contribution in [-0.4, -0.2) is 32.3 Å². The van der Waals surface area contributed by atoms with E-state index in [4.69, 9.17) is 9.47 Å². The van der Waals surface area contributed by atoms with Gasteiger partial charge in [0.1, 0.15) is 5.75 Å². The summed E-state index contributed by atoms with van der Waals surface area (Å²) < 4.78 is 11.1. The van der Waals surface area contributed by atoms with Crippen LogP contribution in [0.1, 0.15) is 24.0 Å². The summed E-state index contributed by atoms with van der Waals surface area (Å²) in [6.45, 7) is 4.18. The second kappa shape index (κ2) is 8.17. The van der Waals surface area contributed by atoms with Crippen LogP contribution in [0.3, 0.4) is 0 Å². The second-order valence-corrected chi connectivity index (χ2v) is 6.64. The van der Waals surface area contributed by atoms with Crippen LogP contribution in [-0.2, 0) is 14.9 Å². The van der Waals surface area contributed by atoms with Crippen molar-refractivity contribution in [3.63, 3.8) is 0 Å². The van der Waals surface area contributed by atoms with Crippen molar-refractivity contribution in [3.8, 4) is 5.75 Å². The first-order chi connectivity index (χ1) is 12.2. The van der Waals surface area contributed by atoms with Crippen LogP contribution in [0.2, 0.25) is 0 Å². The van der Waals surface area contributed by atoms with E-state index < -0.39 is 0 Å². The number of aryl methyl sites for hydroxylation is 1. The molecule has 2 aromatic rings. The number of carbonyl (C=O) groups is 1. The SMILES string of the molecule is Cc1ccc(C2(CNC(=O)COc3ccccc3)CCOCC2)cc1. The van der Waals surface area contributed by atoms with Crippen molar-refractivity contribution < 1.29 is 14.3 Å². The molecule has 4 nitrogen and oxygen atoms in total. The van der Waals surface area contributed by atoms with E-state index in [-0.39, 0.29) is 17.9 Å². The molecule has 0 saturated carbocycles. The van der Waals surface area contributed by atoms with Gasteiger partial charge in [-0.2, -0.15) is 0 Å². The van der Waals surface area contributed by atoms with Crippen LogP contribution in [0.15, 0.2) is 54.6 Å². The van der Waals surface area contributed by atoms with E-state index in [0.29, 0.717) is 12.3 Å². The number of para-hydroxylation sites is 1. The zero-order valence-electron chi connectivity index (χ0n) is 14.7. The molecule has 0 radical (unpaired) electrons. The Hall–Kier alpha value is -2.33. The molecule has 25 heavy (non-hydrogen) atoms. The molecular weight excluding hydrogens is 314 g/mol. The molecule has 4 heteroatoms. The second-order valence-electron chi connectivity index (χ2n) is 6.64. The van der Waals surface area contributed by atoms with E-state index in [1.165, 1.54) is 11.1 Å². The number of rotatable bonds is 6. The molecule has 0 atom stereocenters. The Labute approximate surface area is 149 Å². The van der Waals surface area contributed by atoms with Crippen molar-refractivity contribution >= 4 is 5.91 Å². The Morgan fingerprint density at radius 3 is 2.44 bits per heavy atom. The van der Waals surface area contributed by atoms with Crippen LogP contribution in [0, 0.1) is 6.92 Å². The van der Waals surface area contributed by atoms with Gasteiger partial charge >= 0.3 is 0 Å². The summed E-state index contributed by atoms with van der Waals surface area (Å²) in [5.74, 6) is 0.610. The average molecular weight is 339 g/mol. The van der Waals surface area contributed by atoms with Crippen molar-refractivity contribution in [3.05, 3.63) is 65.7 Å². The minimum Gasteiger partial charge on any atom is -0.484 e. The molecule has 1 aliphatic heterocycles. The monoisotopic (exact) mass is 339 g/mol. The van der Waals surface area contributed by atoms with Gasteiger partial charge in [-0.25, -0.2) is 0 Å². The summed E-state index contributed by atoms with van der Waals surface area (Å²) in [6.07, 6.45) is 1.83. The molecule has 0 aromatic heterocycles. The lowest BCUT2D eigenvalue weighted by Crippen LogP contribution is -2.45. The van der Waals surface area contributed by atoms with Crippen molar-refractivity contribution in [2.45, 2.75) is 25.2 Å². The number of ether oxygens (including phenoxy) is 2. The lowest BCUT2D eigenvalue weighted by molar-refractivity contribution is -0.123. The van der Waals surface area contributed by atoms with Crippen LogP contribution < -0.4 is 10.1 Å². The number of hydrogen-bond acceptors (Lipinski definition) is 3. The predicted molar refractivity (Wildman–Crippen MR) is 97.9 cm³/mol. The lowest BCUT2D eigenvalue weighted by atomic mass is 9.74. The summed E-state index contributed by atoms with van der Waals surface area (Å²) in [4.78, 5) is 12.2. The zero-order chi connectivity index (χ0) is 17.5. The maximum absolute atomic E-state index is 12.2. The van der Waals surface area contributed by atoms with E-state index in [9.17, 15) is 4.79 Å². The average Bonchev–Trinajstić information content (AvgIpc) is 2.67. The Morgan fingerprint density at radius 2 is 1.76 bits per heavy atom. The molecule has 2 aromatic carbocycles. The quantitative estimate of drug-likeness (QED) is 0.879. The van der Waals surface area contributed by atoms with Gasteiger partial charge in [0.2, 0.25) is 0 Å². The highest BCUT2D eigenvalue weighted by Gasteiger charge is 2.34. The van der Waals surface area contributed by atoms with E-state index in [0.717, 1.165) is 26.1 Å². The largest absolute Gasteiger partial charge is 0.484 e. The Kier molecular flexibility index (Phi) is 5.71. The molecule has 0 aliphatic carbocycles. The molecule has 132 valence electrons. The van der Waals surface area contributed by atoms with E-state index in [2.05, 4.69) is 36.5 Å². The topological polar surface area (TPSA) is 47.6 Å². The molecule has 0 unspecified atom stereocenters. The molecule has 1 aliphatic rings. The summed E-state index contributed by atoms with van der Waals surface area (Å²) in [5.41, 5.74) is 2.45. The predicted octanol–water partition coefficient (Wildman–Crippen LogP) is 3.24. The minimum atomic E-state index is -0.0955. The van der Waals surface area contributed by atoms with Crippen LogP contribution in [0.4, 0.5) is 0 Å². The van der Waals surface area contributed by atoms with Crippen LogP contribution in [0.25, 0.3) is 0 Å². The summed E-state index contributed by atoms with van der Waals surface area (Å²) in [6, 6.07) is 18.0. The highest BCUT2D eigenvalue weighted by molar-refractivity contribution is 5.77. The van der Waals surface area contributed by atoms with Crippen molar-refractivity contribution in [1.29, 1.82) is 0 Å². The first-order valence-electron chi connectivity index (χ1n) is 8.77. The molecule has 1 fully saturated rings. The molecule has 1 saturated heterocycles. The fraction of sp³-hybridized carbons (Fsp3) is 0.381. The maximum Gasteiger partial charge on any atom is 0.257 e. The zero-order valence-corrected chi connectivity index (χ0v) is 14.7. The van der Waals surface area contributed by atoms with Crippen molar-refractivity contribution in [1.82, 2.24) is 5.32 Å². The number of amides is 1. The molecule has 0 bridgehead atoms. The molecule has 3 rings (SSSR count). The summed E-state index contributed by atoms with van der Waals surface area (Å²) in [5, 5.41) is 3.06. The number of benzene rings is 2. The molecular formula is C21H25NO3. The van der Waals surface area contributed by atoms with Gasteiger partial charge in [0, 0.05) is 25.2 Å². The summed E-state index contributed by atoms with van der Waals surface area (Å²) >= 11 is 0. The van der Waals surface area contributed by atoms with Crippen molar-refractivity contribution in [2.24, 2.45) is 0 Å². The minimum absolute atomic E-state index is 0.0322. The van der Waals surface area contributed by atoms with Gasteiger partial charge in [-0.1, -0.05) is 48.0 Å². The number of nitrogens with one attached hydrogen (secondary N) is 1. The summed E-state index contributed by atoms with van der Waals surface area (Å²) in [7, 11) is 0. The van der Waals surface area contributed by atoms with Crippen LogP contribution >= 0.6 is 0 Å². The van der Waals surface area contributed by atoms with Gasteiger partial charge in [-0.15, -0.1) is 0 Å². The number of carbonyl (C=O) groups excluding carboxylic acids is 1. The highest BCUT2D eigenvalue weighted by atomic mass is 16.5. The maximum atomic E-state index is 12.2. The van der Waals surface area contributed by atoms with Gasteiger partial charge in [0.15, 0.2) is 6.61 Å². The fourth-order valence-electron chi connectivity index (χ4n) is 3.22.